The zero-order valence-corrected chi connectivity index (χ0v) is 9.57. The maximum Gasteiger partial charge on any atom is 0.115 e. The van der Waals surface area contributed by atoms with Crippen molar-refractivity contribution in [3.63, 3.8) is 0 Å². The van der Waals surface area contributed by atoms with Crippen molar-refractivity contribution in [1.82, 2.24) is 4.90 Å². The van der Waals surface area contributed by atoms with Crippen LogP contribution < -0.4 is 0 Å². The molecule has 0 radical (unpaired) electrons. The van der Waals surface area contributed by atoms with E-state index in [1.54, 1.807) is 12.1 Å². The van der Waals surface area contributed by atoms with Gasteiger partial charge in [0.25, 0.3) is 0 Å². The van der Waals surface area contributed by atoms with Gasteiger partial charge in [-0.05, 0) is 30.7 Å². The van der Waals surface area contributed by atoms with Gasteiger partial charge < -0.3 is 5.11 Å². The van der Waals surface area contributed by atoms with Gasteiger partial charge in [-0.15, -0.1) is 0 Å². The number of halogens is 1. The number of hydrogen-bond acceptors (Lipinski definition) is 2. The van der Waals surface area contributed by atoms with Crippen LogP contribution in [0.5, 0.6) is 5.75 Å². The molecule has 0 aromatic heterocycles. The van der Waals surface area contributed by atoms with Gasteiger partial charge in [-0.25, -0.2) is 0 Å². The standard InChI is InChI=1S/C11H14BrNO/c12-10-5-6-13(8-10)7-9-1-3-11(14)4-2-9/h1-4,10,14H,5-8H2. The van der Waals surface area contributed by atoms with Crippen LogP contribution in [0.15, 0.2) is 24.3 Å². The van der Waals surface area contributed by atoms with Crippen LogP contribution in [-0.4, -0.2) is 27.9 Å². The predicted molar refractivity (Wildman–Crippen MR) is 60.7 cm³/mol. The second-order valence-corrected chi connectivity index (χ2v) is 5.08. The minimum absolute atomic E-state index is 0.341. The summed E-state index contributed by atoms with van der Waals surface area (Å²) in [7, 11) is 0. The first-order chi connectivity index (χ1) is 6.74. The van der Waals surface area contributed by atoms with E-state index in [1.165, 1.54) is 12.0 Å². The van der Waals surface area contributed by atoms with Crippen molar-refractivity contribution in [2.45, 2.75) is 17.8 Å². The Morgan fingerprint density at radius 1 is 1.36 bits per heavy atom. The Bertz CT molecular complexity index is 299. The quantitative estimate of drug-likeness (QED) is 0.821. The molecule has 1 aliphatic heterocycles. The van der Waals surface area contributed by atoms with Crippen LogP contribution in [0.2, 0.25) is 0 Å². The number of phenolic OH excluding ortho intramolecular Hbond substituents is 1. The molecule has 1 saturated heterocycles. The Hall–Kier alpha value is -0.540. The Balaban J connectivity index is 1.94. The van der Waals surface area contributed by atoms with E-state index >= 15 is 0 Å². The molecule has 0 amide bonds. The second kappa shape index (κ2) is 4.32. The highest BCUT2D eigenvalue weighted by Gasteiger charge is 2.19. The van der Waals surface area contributed by atoms with Crippen LogP contribution in [0.4, 0.5) is 0 Å². The lowest BCUT2D eigenvalue weighted by Crippen LogP contribution is -2.19. The summed E-state index contributed by atoms with van der Waals surface area (Å²) in [5, 5.41) is 9.14. The van der Waals surface area contributed by atoms with E-state index < -0.39 is 0 Å². The number of benzene rings is 1. The molecule has 2 rings (SSSR count). The Kier molecular flexibility index (Phi) is 3.08. The minimum atomic E-state index is 0.341. The fraction of sp³-hybridized carbons (Fsp3) is 0.455. The molecule has 1 fully saturated rings. The Morgan fingerprint density at radius 2 is 2.07 bits per heavy atom. The van der Waals surface area contributed by atoms with Crippen LogP contribution in [0.25, 0.3) is 0 Å². The summed E-state index contributed by atoms with van der Waals surface area (Å²) in [6.07, 6.45) is 1.23. The summed E-state index contributed by atoms with van der Waals surface area (Å²) >= 11 is 3.62. The summed E-state index contributed by atoms with van der Waals surface area (Å²) in [6, 6.07) is 7.46. The van der Waals surface area contributed by atoms with Crippen LogP contribution in [-0.2, 0) is 6.54 Å². The summed E-state index contributed by atoms with van der Waals surface area (Å²) < 4.78 is 0. The molecule has 0 spiro atoms. The molecule has 0 bridgehead atoms. The molecule has 0 aliphatic carbocycles. The van der Waals surface area contributed by atoms with Gasteiger partial charge in [0.05, 0.1) is 0 Å². The van der Waals surface area contributed by atoms with Gasteiger partial charge in [0.1, 0.15) is 5.75 Å². The van der Waals surface area contributed by atoms with E-state index in [0.717, 1.165) is 19.6 Å². The molecule has 14 heavy (non-hydrogen) atoms. The van der Waals surface area contributed by atoms with E-state index in [2.05, 4.69) is 20.8 Å². The zero-order valence-electron chi connectivity index (χ0n) is 7.99. The number of aromatic hydroxyl groups is 1. The fourth-order valence-electron chi connectivity index (χ4n) is 1.79. The maximum absolute atomic E-state index is 9.14. The molecular formula is C11H14BrNO. The first-order valence-electron chi connectivity index (χ1n) is 4.88. The minimum Gasteiger partial charge on any atom is -0.508 e. The van der Waals surface area contributed by atoms with E-state index in [4.69, 9.17) is 5.11 Å². The van der Waals surface area contributed by atoms with Crippen molar-refractivity contribution in [2.24, 2.45) is 0 Å². The lowest BCUT2D eigenvalue weighted by Gasteiger charge is -2.14. The zero-order chi connectivity index (χ0) is 9.97. The molecule has 76 valence electrons. The van der Waals surface area contributed by atoms with Crippen LogP contribution in [0, 0.1) is 0 Å². The number of hydrogen-bond donors (Lipinski definition) is 1. The number of rotatable bonds is 2. The van der Waals surface area contributed by atoms with Gasteiger partial charge in [0.2, 0.25) is 0 Å². The molecule has 1 N–H and O–H groups in total. The monoisotopic (exact) mass is 255 g/mol. The normalized spacial score (nSPS) is 22.8. The van der Waals surface area contributed by atoms with Gasteiger partial charge >= 0.3 is 0 Å². The number of nitrogens with zero attached hydrogens (tertiary/aromatic N) is 1. The molecule has 1 aromatic rings. The average Bonchev–Trinajstić information content (AvgIpc) is 2.56. The SMILES string of the molecule is Oc1ccc(CN2CCC(Br)C2)cc1. The first kappa shape index (κ1) is 9.99. The summed E-state index contributed by atoms with van der Waals surface area (Å²) in [5.74, 6) is 0.341. The number of phenols is 1. The summed E-state index contributed by atoms with van der Waals surface area (Å²) in [5.41, 5.74) is 1.27. The second-order valence-electron chi connectivity index (χ2n) is 3.79. The predicted octanol–water partition coefficient (Wildman–Crippen LogP) is 2.36. The Labute approximate surface area is 92.7 Å². The highest BCUT2D eigenvalue weighted by atomic mass is 79.9. The molecule has 3 heteroatoms. The average molecular weight is 256 g/mol. The smallest absolute Gasteiger partial charge is 0.115 e. The molecule has 1 atom stereocenters. The topological polar surface area (TPSA) is 23.5 Å². The molecule has 1 aliphatic rings. The molecule has 1 aromatic carbocycles. The van der Waals surface area contributed by atoms with E-state index in [0.29, 0.717) is 10.6 Å². The lowest BCUT2D eigenvalue weighted by molar-refractivity contribution is 0.332. The highest BCUT2D eigenvalue weighted by molar-refractivity contribution is 9.09. The highest BCUT2D eigenvalue weighted by Crippen LogP contribution is 2.19. The summed E-state index contributed by atoms with van der Waals surface area (Å²) in [6.45, 7) is 3.28. The number of likely N-dealkylation sites (tertiary alicyclic amines) is 1. The lowest BCUT2D eigenvalue weighted by atomic mass is 10.2. The van der Waals surface area contributed by atoms with E-state index in [9.17, 15) is 0 Å². The first-order valence-corrected chi connectivity index (χ1v) is 5.80. The third kappa shape index (κ3) is 2.49. The molecule has 1 unspecified atom stereocenters. The van der Waals surface area contributed by atoms with Crippen molar-refractivity contribution >= 4 is 15.9 Å². The van der Waals surface area contributed by atoms with Gasteiger partial charge in [0.15, 0.2) is 0 Å². The van der Waals surface area contributed by atoms with E-state index in [1.807, 2.05) is 12.1 Å². The van der Waals surface area contributed by atoms with Crippen molar-refractivity contribution in [3.8, 4) is 5.75 Å². The third-order valence-corrected chi connectivity index (χ3v) is 3.30. The molecule has 0 saturated carbocycles. The van der Waals surface area contributed by atoms with Gasteiger partial charge in [-0.3, -0.25) is 4.90 Å². The van der Waals surface area contributed by atoms with Crippen LogP contribution in [0.3, 0.4) is 0 Å². The summed E-state index contributed by atoms with van der Waals surface area (Å²) in [4.78, 5) is 3.07. The molecule has 1 heterocycles. The molecule has 2 nitrogen and oxygen atoms in total. The van der Waals surface area contributed by atoms with Crippen molar-refractivity contribution in [2.75, 3.05) is 13.1 Å². The van der Waals surface area contributed by atoms with Crippen molar-refractivity contribution in [3.05, 3.63) is 29.8 Å². The third-order valence-electron chi connectivity index (χ3n) is 2.56. The van der Waals surface area contributed by atoms with Gasteiger partial charge in [-0.2, -0.15) is 0 Å². The van der Waals surface area contributed by atoms with Gasteiger partial charge in [0, 0.05) is 17.9 Å². The fourth-order valence-corrected chi connectivity index (χ4v) is 2.40. The van der Waals surface area contributed by atoms with Crippen LogP contribution in [0.1, 0.15) is 12.0 Å². The van der Waals surface area contributed by atoms with Crippen molar-refractivity contribution < 1.29 is 5.11 Å². The number of alkyl halides is 1. The van der Waals surface area contributed by atoms with E-state index in [-0.39, 0.29) is 0 Å². The van der Waals surface area contributed by atoms with Crippen molar-refractivity contribution in [1.29, 1.82) is 0 Å². The van der Waals surface area contributed by atoms with Gasteiger partial charge in [-0.1, -0.05) is 28.1 Å². The Morgan fingerprint density at radius 3 is 2.64 bits per heavy atom. The van der Waals surface area contributed by atoms with Crippen LogP contribution >= 0.6 is 15.9 Å². The maximum atomic E-state index is 9.14. The molecular weight excluding hydrogens is 242 g/mol. The largest absolute Gasteiger partial charge is 0.508 e.